The molecular weight excluding hydrogens is 216 g/mol. The van der Waals surface area contributed by atoms with Crippen LogP contribution in [0.25, 0.3) is 5.69 Å². The quantitative estimate of drug-likeness (QED) is 0.798. The van der Waals surface area contributed by atoms with E-state index in [2.05, 4.69) is 29.8 Å². The molecular formula is C13H14N2S. The topological polar surface area (TPSA) is 17.8 Å². The molecule has 2 rings (SSSR count). The smallest absolute Gasteiger partial charge is 0.0991 e. The third kappa shape index (κ3) is 2.55. The number of imidazole rings is 1. The van der Waals surface area contributed by atoms with Crippen LogP contribution >= 0.6 is 11.8 Å². The monoisotopic (exact) mass is 230 g/mol. The zero-order chi connectivity index (χ0) is 11.4. The van der Waals surface area contributed by atoms with Gasteiger partial charge >= 0.3 is 0 Å². The van der Waals surface area contributed by atoms with Crippen molar-refractivity contribution in [2.45, 2.75) is 12.7 Å². The number of hydrogen-bond acceptors (Lipinski definition) is 2. The minimum Gasteiger partial charge on any atom is -0.306 e. The van der Waals surface area contributed by atoms with Crippen molar-refractivity contribution in [2.24, 2.45) is 0 Å². The minimum absolute atomic E-state index is 0.948. The SMILES string of the molecule is C=C(C)SCc1ccccc1-n1ccnc1. The Morgan fingerprint density at radius 2 is 2.25 bits per heavy atom. The van der Waals surface area contributed by atoms with Crippen LogP contribution in [0.5, 0.6) is 0 Å². The van der Waals surface area contributed by atoms with Crippen molar-refractivity contribution in [2.75, 3.05) is 0 Å². The van der Waals surface area contributed by atoms with Gasteiger partial charge in [0.05, 0.1) is 12.0 Å². The third-order valence-corrected chi connectivity index (χ3v) is 3.20. The number of benzene rings is 1. The fourth-order valence-electron chi connectivity index (χ4n) is 1.49. The lowest BCUT2D eigenvalue weighted by atomic mass is 10.2. The van der Waals surface area contributed by atoms with Crippen LogP contribution in [-0.2, 0) is 5.75 Å². The zero-order valence-electron chi connectivity index (χ0n) is 9.26. The number of para-hydroxylation sites is 1. The van der Waals surface area contributed by atoms with E-state index in [4.69, 9.17) is 0 Å². The molecule has 1 aromatic heterocycles. The first-order chi connectivity index (χ1) is 7.77. The van der Waals surface area contributed by atoms with E-state index in [1.165, 1.54) is 11.3 Å². The summed E-state index contributed by atoms with van der Waals surface area (Å²) in [7, 11) is 0. The Morgan fingerprint density at radius 3 is 2.94 bits per heavy atom. The fraction of sp³-hybridized carbons (Fsp3) is 0.154. The van der Waals surface area contributed by atoms with Gasteiger partial charge in [-0.2, -0.15) is 0 Å². The van der Waals surface area contributed by atoms with Gasteiger partial charge < -0.3 is 4.57 Å². The van der Waals surface area contributed by atoms with Crippen molar-refractivity contribution >= 4 is 11.8 Å². The largest absolute Gasteiger partial charge is 0.306 e. The van der Waals surface area contributed by atoms with Crippen molar-refractivity contribution < 1.29 is 0 Å². The summed E-state index contributed by atoms with van der Waals surface area (Å²) in [5.41, 5.74) is 2.49. The van der Waals surface area contributed by atoms with Crippen molar-refractivity contribution in [1.29, 1.82) is 0 Å². The van der Waals surface area contributed by atoms with Crippen LogP contribution in [0.4, 0.5) is 0 Å². The fourth-order valence-corrected chi connectivity index (χ4v) is 2.13. The van der Waals surface area contributed by atoms with Crippen molar-refractivity contribution in [1.82, 2.24) is 9.55 Å². The molecule has 0 bridgehead atoms. The zero-order valence-corrected chi connectivity index (χ0v) is 10.1. The molecule has 2 aromatic rings. The first-order valence-corrected chi connectivity index (χ1v) is 6.10. The van der Waals surface area contributed by atoms with Gasteiger partial charge in [-0.15, -0.1) is 11.8 Å². The van der Waals surface area contributed by atoms with Gasteiger partial charge in [0.15, 0.2) is 0 Å². The van der Waals surface area contributed by atoms with E-state index < -0.39 is 0 Å². The molecule has 0 N–H and O–H groups in total. The summed E-state index contributed by atoms with van der Waals surface area (Å²) in [6, 6.07) is 8.36. The Morgan fingerprint density at radius 1 is 1.44 bits per heavy atom. The van der Waals surface area contributed by atoms with E-state index >= 15 is 0 Å². The maximum atomic E-state index is 4.07. The predicted octanol–water partition coefficient (Wildman–Crippen LogP) is 3.64. The predicted molar refractivity (Wildman–Crippen MR) is 69.7 cm³/mol. The highest BCUT2D eigenvalue weighted by molar-refractivity contribution is 8.02. The molecule has 1 heterocycles. The Balaban J connectivity index is 2.27. The summed E-state index contributed by atoms with van der Waals surface area (Å²) in [5, 5.41) is 0. The molecule has 82 valence electrons. The van der Waals surface area contributed by atoms with Gasteiger partial charge in [0.1, 0.15) is 0 Å². The maximum Gasteiger partial charge on any atom is 0.0991 e. The van der Waals surface area contributed by atoms with E-state index in [0.29, 0.717) is 0 Å². The van der Waals surface area contributed by atoms with E-state index in [-0.39, 0.29) is 0 Å². The summed E-state index contributed by atoms with van der Waals surface area (Å²) >= 11 is 1.77. The van der Waals surface area contributed by atoms with Crippen LogP contribution in [0.15, 0.2) is 54.5 Å². The molecule has 0 saturated carbocycles. The lowest BCUT2D eigenvalue weighted by Crippen LogP contribution is -1.95. The second kappa shape index (κ2) is 5.03. The second-order valence-electron chi connectivity index (χ2n) is 3.59. The van der Waals surface area contributed by atoms with Crippen LogP contribution < -0.4 is 0 Å². The third-order valence-electron chi connectivity index (χ3n) is 2.25. The Kier molecular flexibility index (Phi) is 3.47. The van der Waals surface area contributed by atoms with Crippen molar-refractivity contribution in [3.05, 3.63) is 60.0 Å². The van der Waals surface area contributed by atoms with E-state index in [0.717, 1.165) is 10.7 Å². The van der Waals surface area contributed by atoms with Gasteiger partial charge in [-0.3, -0.25) is 0 Å². The number of thioether (sulfide) groups is 1. The summed E-state index contributed by atoms with van der Waals surface area (Å²) in [6.07, 6.45) is 5.58. The first kappa shape index (κ1) is 11.0. The van der Waals surface area contributed by atoms with Gasteiger partial charge in [-0.05, 0) is 23.5 Å². The molecule has 0 aliphatic rings. The lowest BCUT2D eigenvalue weighted by molar-refractivity contribution is 1.04. The van der Waals surface area contributed by atoms with E-state index in [1.807, 2.05) is 30.1 Å². The van der Waals surface area contributed by atoms with Crippen LogP contribution in [0, 0.1) is 0 Å². The first-order valence-electron chi connectivity index (χ1n) is 5.12. The second-order valence-corrected chi connectivity index (χ2v) is 4.86. The van der Waals surface area contributed by atoms with Gasteiger partial charge in [0, 0.05) is 18.1 Å². The van der Waals surface area contributed by atoms with E-state index in [1.54, 1.807) is 18.0 Å². The number of nitrogens with zero attached hydrogens (tertiary/aromatic N) is 2. The summed E-state index contributed by atoms with van der Waals surface area (Å²) in [6.45, 7) is 5.94. The standard InChI is InChI=1S/C13H14N2S/c1-11(2)16-9-12-5-3-4-6-13(12)15-8-7-14-10-15/h3-8,10H,1,9H2,2H3. The molecule has 0 spiro atoms. The maximum absolute atomic E-state index is 4.07. The molecule has 0 radical (unpaired) electrons. The summed E-state index contributed by atoms with van der Waals surface area (Å²) in [5.74, 6) is 0.948. The molecule has 16 heavy (non-hydrogen) atoms. The number of hydrogen-bond donors (Lipinski definition) is 0. The molecule has 0 aliphatic heterocycles. The number of aromatic nitrogens is 2. The average Bonchev–Trinajstić information content (AvgIpc) is 2.80. The molecule has 0 aliphatic carbocycles. The molecule has 0 atom stereocenters. The van der Waals surface area contributed by atoms with Gasteiger partial charge in [0.2, 0.25) is 0 Å². The highest BCUT2D eigenvalue weighted by Gasteiger charge is 2.03. The number of rotatable bonds is 4. The number of allylic oxidation sites excluding steroid dienone is 1. The van der Waals surface area contributed by atoms with Gasteiger partial charge in [-0.25, -0.2) is 4.98 Å². The Labute approximate surface area is 100 Å². The Hall–Kier alpha value is -1.48. The summed E-state index contributed by atoms with van der Waals surface area (Å²) < 4.78 is 2.04. The molecule has 1 aromatic carbocycles. The summed E-state index contributed by atoms with van der Waals surface area (Å²) in [4.78, 5) is 5.21. The van der Waals surface area contributed by atoms with Crippen LogP contribution in [-0.4, -0.2) is 9.55 Å². The minimum atomic E-state index is 0.948. The highest BCUT2D eigenvalue weighted by atomic mass is 32.2. The Bertz CT molecular complexity index is 474. The molecule has 3 heteroatoms. The van der Waals surface area contributed by atoms with Crippen molar-refractivity contribution in [3.63, 3.8) is 0 Å². The van der Waals surface area contributed by atoms with Crippen molar-refractivity contribution in [3.8, 4) is 5.69 Å². The normalized spacial score (nSPS) is 10.3. The highest BCUT2D eigenvalue weighted by Crippen LogP contribution is 2.23. The van der Waals surface area contributed by atoms with Gasteiger partial charge in [-0.1, -0.05) is 24.8 Å². The molecule has 0 saturated heterocycles. The molecule has 0 unspecified atom stereocenters. The van der Waals surface area contributed by atoms with Crippen LogP contribution in [0.1, 0.15) is 12.5 Å². The lowest BCUT2D eigenvalue weighted by Gasteiger charge is -2.09. The van der Waals surface area contributed by atoms with Crippen LogP contribution in [0.2, 0.25) is 0 Å². The molecule has 2 nitrogen and oxygen atoms in total. The molecule has 0 fully saturated rings. The van der Waals surface area contributed by atoms with Gasteiger partial charge in [0.25, 0.3) is 0 Å². The average molecular weight is 230 g/mol. The van der Waals surface area contributed by atoms with Crippen LogP contribution in [0.3, 0.4) is 0 Å². The molecule has 0 amide bonds. The van der Waals surface area contributed by atoms with E-state index in [9.17, 15) is 0 Å².